The summed E-state index contributed by atoms with van der Waals surface area (Å²) in [6.45, 7) is 5.06. The summed E-state index contributed by atoms with van der Waals surface area (Å²) in [4.78, 5) is 26.4. The molecule has 1 aromatic carbocycles. The van der Waals surface area contributed by atoms with Gasteiger partial charge < -0.3 is 4.74 Å². The van der Waals surface area contributed by atoms with E-state index in [-0.39, 0.29) is 11.9 Å². The monoisotopic (exact) mass is 391 g/mol. The smallest absolute Gasteiger partial charge is 0.305 e. The highest BCUT2D eigenvalue weighted by Crippen LogP contribution is 2.32. The lowest BCUT2D eigenvalue weighted by atomic mass is 10.1. The molecule has 0 spiro atoms. The molecule has 0 unspecified atom stereocenters. The predicted molar refractivity (Wildman–Crippen MR) is 111 cm³/mol. The van der Waals surface area contributed by atoms with Crippen LogP contribution in [0.1, 0.15) is 50.2 Å². The molecule has 0 saturated carbocycles. The van der Waals surface area contributed by atoms with Crippen LogP contribution in [0.2, 0.25) is 0 Å². The first-order chi connectivity index (χ1) is 12.5. The number of carbonyl (C=O) groups excluding carboxylic acids is 2. The van der Waals surface area contributed by atoms with Crippen LogP contribution in [0.4, 0.5) is 0 Å². The zero-order valence-electron chi connectivity index (χ0n) is 15.3. The van der Waals surface area contributed by atoms with Crippen molar-refractivity contribution >= 4 is 46.3 Å². The van der Waals surface area contributed by atoms with Gasteiger partial charge in [0, 0.05) is 13.0 Å². The average molecular weight is 392 g/mol. The van der Waals surface area contributed by atoms with Crippen LogP contribution < -0.4 is 0 Å². The number of benzene rings is 1. The largest absolute Gasteiger partial charge is 0.466 e. The first-order valence-corrected chi connectivity index (χ1v) is 10.2. The predicted octanol–water partition coefficient (Wildman–Crippen LogP) is 4.71. The maximum atomic E-state index is 12.5. The number of ether oxygens (including phenoxy) is 1. The Hall–Kier alpha value is -1.66. The van der Waals surface area contributed by atoms with Gasteiger partial charge in [0.15, 0.2) is 0 Å². The Labute approximate surface area is 165 Å². The topological polar surface area (TPSA) is 46.6 Å². The van der Waals surface area contributed by atoms with Crippen LogP contribution >= 0.6 is 24.0 Å². The van der Waals surface area contributed by atoms with E-state index in [0.717, 1.165) is 24.8 Å². The third-order valence-electron chi connectivity index (χ3n) is 4.02. The van der Waals surface area contributed by atoms with Crippen LogP contribution in [0.5, 0.6) is 0 Å². The molecule has 0 bridgehead atoms. The minimum absolute atomic E-state index is 0.0862. The fourth-order valence-electron chi connectivity index (χ4n) is 2.50. The Kier molecular flexibility index (Phi) is 8.32. The highest BCUT2D eigenvalue weighted by Gasteiger charge is 2.31. The number of thioether (sulfide) groups is 1. The molecule has 0 atom stereocenters. The van der Waals surface area contributed by atoms with Gasteiger partial charge in [0.25, 0.3) is 5.91 Å². The van der Waals surface area contributed by atoms with E-state index in [1.165, 1.54) is 17.3 Å². The van der Waals surface area contributed by atoms with E-state index in [4.69, 9.17) is 17.0 Å². The number of esters is 1. The van der Waals surface area contributed by atoms with Crippen molar-refractivity contribution in [3.63, 3.8) is 0 Å². The third-order valence-corrected chi connectivity index (χ3v) is 5.40. The highest BCUT2D eigenvalue weighted by molar-refractivity contribution is 8.26. The molecular formula is C20H25NO3S2. The molecule has 0 radical (unpaired) electrons. The normalized spacial score (nSPS) is 15.8. The van der Waals surface area contributed by atoms with Gasteiger partial charge in [-0.1, -0.05) is 73.6 Å². The number of aryl methyl sites for hydroxylation is 1. The zero-order valence-corrected chi connectivity index (χ0v) is 17.0. The van der Waals surface area contributed by atoms with E-state index >= 15 is 0 Å². The van der Waals surface area contributed by atoms with Crippen molar-refractivity contribution in [2.45, 2.75) is 46.0 Å². The van der Waals surface area contributed by atoms with E-state index in [1.807, 2.05) is 37.3 Å². The van der Waals surface area contributed by atoms with Crippen molar-refractivity contribution < 1.29 is 14.3 Å². The molecular weight excluding hydrogens is 366 g/mol. The Morgan fingerprint density at radius 3 is 2.65 bits per heavy atom. The lowest BCUT2D eigenvalue weighted by molar-refractivity contribution is -0.144. The zero-order chi connectivity index (χ0) is 18.9. The Morgan fingerprint density at radius 2 is 1.96 bits per heavy atom. The van der Waals surface area contributed by atoms with E-state index in [0.29, 0.717) is 35.2 Å². The van der Waals surface area contributed by atoms with Gasteiger partial charge in [-0.15, -0.1) is 0 Å². The first kappa shape index (κ1) is 20.6. The van der Waals surface area contributed by atoms with Gasteiger partial charge in [0.1, 0.15) is 4.32 Å². The van der Waals surface area contributed by atoms with E-state index in [1.54, 1.807) is 4.90 Å². The minimum atomic E-state index is -0.207. The molecule has 0 N–H and O–H groups in total. The maximum absolute atomic E-state index is 12.5. The number of hydrogen-bond acceptors (Lipinski definition) is 5. The first-order valence-electron chi connectivity index (χ1n) is 8.99. The third kappa shape index (κ3) is 6.25. The van der Waals surface area contributed by atoms with Gasteiger partial charge in [-0.2, -0.15) is 0 Å². The summed E-state index contributed by atoms with van der Waals surface area (Å²) in [6, 6.07) is 7.99. The molecule has 6 heteroatoms. The summed E-state index contributed by atoms with van der Waals surface area (Å²) in [6.07, 6.45) is 5.79. The Bertz CT molecular complexity index is 683. The van der Waals surface area contributed by atoms with Crippen LogP contribution in [-0.2, 0) is 14.3 Å². The summed E-state index contributed by atoms with van der Waals surface area (Å²) in [5, 5.41) is 0. The summed E-state index contributed by atoms with van der Waals surface area (Å²) in [5.41, 5.74) is 2.16. The van der Waals surface area contributed by atoms with E-state index in [2.05, 4.69) is 6.92 Å². The van der Waals surface area contributed by atoms with Gasteiger partial charge >= 0.3 is 5.97 Å². The van der Waals surface area contributed by atoms with Crippen molar-refractivity contribution in [2.24, 2.45) is 0 Å². The lowest BCUT2D eigenvalue weighted by Crippen LogP contribution is -2.29. The Balaban J connectivity index is 1.81. The van der Waals surface area contributed by atoms with Gasteiger partial charge in [-0.3, -0.25) is 14.5 Å². The van der Waals surface area contributed by atoms with Crippen molar-refractivity contribution in [1.29, 1.82) is 0 Å². The molecule has 2 rings (SSSR count). The molecule has 26 heavy (non-hydrogen) atoms. The van der Waals surface area contributed by atoms with Gasteiger partial charge in [-0.05, 0) is 31.4 Å². The molecule has 1 heterocycles. The van der Waals surface area contributed by atoms with Crippen molar-refractivity contribution in [3.8, 4) is 0 Å². The summed E-state index contributed by atoms with van der Waals surface area (Å²) in [5.74, 6) is -0.293. The van der Waals surface area contributed by atoms with Gasteiger partial charge in [0.05, 0.1) is 11.5 Å². The molecule has 0 aromatic heterocycles. The Morgan fingerprint density at radius 1 is 1.23 bits per heavy atom. The molecule has 1 aliphatic rings. The summed E-state index contributed by atoms with van der Waals surface area (Å²) in [7, 11) is 0. The van der Waals surface area contributed by atoms with Crippen LogP contribution in [0, 0.1) is 6.92 Å². The number of hydrogen-bond donors (Lipinski definition) is 0. The number of thiocarbonyl (C=S) groups is 1. The number of unbranched alkanes of at least 4 members (excludes halogenated alkanes) is 2. The van der Waals surface area contributed by atoms with Crippen molar-refractivity contribution in [1.82, 2.24) is 4.90 Å². The molecule has 4 nitrogen and oxygen atoms in total. The standard InChI is InChI=1S/C20H25NO3S2/c1-3-4-5-13-24-18(22)7-6-12-21-19(23)17(26-20(21)25)14-16-10-8-15(2)9-11-16/h8-11,14H,3-7,12-13H2,1-2H3. The fraction of sp³-hybridized carbons (Fsp3) is 0.450. The molecule has 1 saturated heterocycles. The van der Waals surface area contributed by atoms with Crippen LogP contribution in [0.25, 0.3) is 6.08 Å². The molecule has 1 fully saturated rings. The molecule has 1 aliphatic heterocycles. The second kappa shape index (κ2) is 10.5. The van der Waals surface area contributed by atoms with E-state index in [9.17, 15) is 9.59 Å². The second-order valence-electron chi connectivity index (χ2n) is 6.28. The summed E-state index contributed by atoms with van der Waals surface area (Å²) < 4.78 is 5.73. The number of carbonyl (C=O) groups is 2. The van der Waals surface area contributed by atoms with Gasteiger partial charge in [0.2, 0.25) is 0 Å². The lowest BCUT2D eigenvalue weighted by Gasteiger charge is -2.13. The molecule has 1 aromatic rings. The summed E-state index contributed by atoms with van der Waals surface area (Å²) >= 11 is 6.63. The van der Waals surface area contributed by atoms with Crippen LogP contribution in [0.15, 0.2) is 29.2 Å². The van der Waals surface area contributed by atoms with Crippen LogP contribution in [-0.4, -0.2) is 34.2 Å². The molecule has 0 aliphatic carbocycles. The number of nitrogens with zero attached hydrogens (tertiary/aromatic N) is 1. The van der Waals surface area contributed by atoms with Gasteiger partial charge in [-0.25, -0.2) is 0 Å². The number of amides is 1. The average Bonchev–Trinajstić information content (AvgIpc) is 2.88. The molecule has 1 amide bonds. The maximum Gasteiger partial charge on any atom is 0.305 e. The van der Waals surface area contributed by atoms with E-state index < -0.39 is 0 Å². The number of rotatable bonds is 9. The fourth-order valence-corrected chi connectivity index (χ4v) is 3.81. The second-order valence-corrected chi connectivity index (χ2v) is 7.95. The van der Waals surface area contributed by atoms with Crippen LogP contribution in [0.3, 0.4) is 0 Å². The quantitative estimate of drug-likeness (QED) is 0.264. The van der Waals surface area contributed by atoms with Crippen molar-refractivity contribution in [3.05, 3.63) is 40.3 Å². The minimum Gasteiger partial charge on any atom is -0.466 e. The van der Waals surface area contributed by atoms with Crippen molar-refractivity contribution in [2.75, 3.05) is 13.2 Å². The SMILES string of the molecule is CCCCCOC(=O)CCCN1C(=O)C(=Cc2ccc(C)cc2)SC1=S. The highest BCUT2D eigenvalue weighted by atomic mass is 32.2. The molecule has 140 valence electrons.